The number of carboxylic acid groups (broad SMARTS) is 2. The summed E-state index contributed by atoms with van der Waals surface area (Å²) in [7, 11) is 1.54. The second-order valence-corrected chi connectivity index (χ2v) is 27.1. The van der Waals surface area contributed by atoms with Gasteiger partial charge in [-0.1, -0.05) is 67.1 Å². The Labute approximate surface area is 630 Å². The van der Waals surface area contributed by atoms with Crippen LogP contribution in [-0.4, -0.2) is 228 Å². The van der Waals surface area contributed by atoms with Crippen LogP contribution in [0.3, 0.4) is 0 Å². The van der Waals surface area contributed by atoms with E-state index in [-0.39, 0.29) is 44.4 Å². The largest absolute Gasteiger partial charge is 0.497 e. The number of amides is 11. The van der Waals surface area contributed by atoms with Crippen molar-refractivity contribution in [3.8, 4) is 22.6 Å². The van der Waals surface area contributed by atoms with Gasteiger partial charge in [-0.15, -0.1) is 0 Å². The van der Waals surface area contributed by atoms with Crippen molar-refractivity contribution >= 4 is 88.5 Å². The summed E-state index contributed by atoms with van der Waals surface area (Å²) in [5, 5.41) is 84.0. The lowest BCUT2D eigenvalue weighted by Crippen LogP contribution is -2.67. The van der Waals surface area contributed by atoms with Gasteiger partial charge in [0.05, 0.1) is 51.8 Å². The van der Waals surface area contributed by atoms with E-state index in [4.69, 9.17) is 26.8 Å². The molecule has 1 fully saturated rings. The Morgan fingerprint density at radius 2 is 1.38 bits per heavy atom. The highest BCUT2D eigenvalue weighted by Gasteiger charge is 2.49. The topological polar surface area (TPSA) is 528 Å². The maximum Gasteiger partial charge on any atom is 0.305 e. The summed E-state index contributed by atoms with van der Waals surface area (Å²) < 4.78 is 26.7. The van der Waals surface area contributed by atoms with Gasteiger partial charge >= 0.3 is 11.9 Å². The second-order valence-electron chi connectivity index (χ2n) is 26.7. The molecule has 11 amide bonds. The predicted octanol–water partition coefficient (Wildman–Crippen LogP) is -1.05. The number of carbonyl (C=O) groups is 13. The molecule has 1 aliphatic rings. The van der Waals surface area contributed by atoms with Crippen molar-refractivity contribution in [3.63, 3.8) is 0 Å². The molecule has 12 atom stereocenters. The molecule has 6 rings (SSSR count). The maximum atomic E-state index is 15.5. The fourth-order valence-electron chi connectivity index (χ4n) is 12.0. The fraction of sp³-hybridized carbons (Fsp3) is 0.452. The smallest absolute Gasteiger partial charge is 0.305 e. The molecule has 36 heteroatoms. The van der Waals surface area contributed by atoms with Crippen LogP contribution >= 0.6 is 11.6 Å². The van der Waals surface area contributed by atoms with E-state index >= 15 is 4.39 Å². The zero-order chi connectivity index (χ0) is 80.6. The first-order valence-corrected chi connectivity index (χ1v) is 35.2. The van der Waals surface area contributed by atoms with Gasteiger partial charge in [0.25, 0.3) is 5.91 Å². The summed E-state index contributed by atoms with van der Waals surface area (Å²) in [6.07, 6.45) is -5.40. The van der Waals surface area contributed by atoms with Crippen LogP contribution in [0.25, 0.3) is 11.1 Å². The highest BCUT2D eigenvalue weighted by molar-refractivity contribution is 6.30. The van der Waals surface area contributed by atoms with Crippen LogP contribution in [-0.2, 0) is 88.0 Å². The molecule has 590 valence electrons. The number of imidazole rings is 1. The van der Waals surface area contributed by atoms with E-state index in [1.54, 1.807) is 55.5 Å². The number of halogens is 2. The number of aliphatic carboxylic acids is 2. The lowest BCUT2D eigenvalue weighted by molar-refractivity contribution is -0.151. The minimum atomic E-state index is -2.44. The van der Waals surface area contributed by atoms with Crippen molar-refractivity contribution < 1.29 is 107 Å². The molecule has 1 aromatic heterocycles. The molecule has 2 heterocycles. The highest BCUT2D eigenvalue weighted by atomic mass is 35.5. The van der Waals surface area contributed by atoms with Crippen LogP contribution in [0.5, 0.6) is 11.5 Å². The third kappa shape index (κ3) is 24.7. The second kappa shape index (κ2) is 40.2. The van der Waals surface area contributed by atoms with Gasteiger partial charge in [0.15, 0.2) is 0 Å². The molecular formula is C73H93ClFN13O21. The minimum Gasteiger partial charge on any atom is -0.497 e. The molecule has 5 aromatic rings. The van der Waals surface area contributed by atoms with Gasteiger partial charge < -0.3 is 104 Å². The first-order chi connectivity index (χ1) is 51.5. The van der Waals surface area contributed by atoms with Gasteiger partial charge in [-0.2, -0.15) is 0 Å². The number of aryl methyl sites for hydroxylation is 2. The van der Waals surface area contributed by atoms with Gasteiger partial charge in [-0.05, 0) is 130 Å². The van der Waals surface area contributed by atoms with E-state index in [1.807, 2.05) is 19.1 Å². The quantitative estimate of drug-likeness (QED) is 0.0222. The van der Waals surface area contributed by atoms with Crippen molar-refractivity contribution in [2.45, 2.75) is 177 Å². The number of H-pyrrole nitrogens is 1. The van der Waals surface area contributed by atoms with Gasteiger partial charge in [-0.25, -0.2) is 9.37 Å². The zero-order valence-corrected chi connectivity index (χ0v) is 61.7. The first-order valence-electron chi connectivity index (χ1n) is 34.8. The highest BCUT2D eigenvalue weighted by Crippen LogP contribution is 2.32. The number of nitrogens with one attached hydrogen (secondary N) is 10. The van der Waals surface area contributed by atoms with Crippen molar-refractivity contribution in [1.82, 2.24) is 62.7 Å². The maximum absolute atomic E-state index is 15.5. The Bertz CT molecular complexity index is 4100. The predicted molar refractivity (Wildman–Crippen MR) is 387 cm³/mol. The molecule has 109 heavy (non-hydrogen) atoms. The number of methoxy groups -OCH3 is 1. The van der Waals surface area contributed by atoms with Gasteiger partial charge in [0, 0.05) is 55.6 Å². The molecule has 0 radical (unpaired) electrons. The summed E-state index contributed by atoms with van der Waals surface area (Å²) in [6.45, 7) is 5.74. The fourth-order valence-corrected chi connectivity index (χ4v) is 12.2. The summed E-state index contributed by atoms with van der Waals surface area (Å²) in [5.41, 5.74) is 5.55. The first kappa shape index (κ1) is 86.8. The number of carboxylic acids is 2. The van der Waals surface area contributed by atoms with Gasteiger partial charge in [-0.3, -0.25) is 62.3 Å². The molecule has 34 nitrogen and oxygen atoms in total. The number of aliphatic hydroxyl groups is 4. The number of likely N-dealkylation sites (tertiary alicyclic amines) is 1. The number of hydrogen-bond donors (Lipinski definition) is 17. The number of aromatic amines is 1. The molecule has 0 bridgehead atoms. The lowest BCUT2D eigenvalue weighted by atomic mass is 9.90. The molecule has 0 aliphatic carbocycles. The van der Waals surface area contributed by atoms with E-state index in [9.17, 15) is 93.0 Å². The minimum absolute atomic E-state index is 0.0388. The Hall–Kier alpha value is -11.1. The Balaban J connectivity index is 1.16. The van der Waals surface area contributed by atoms with Crippen LogP contribution in [0.1, 0.15) is 101 Å². The Morgan fingerprint density at radius 3 is 1.98 bits per heavy atom. The number of nitrogens with two attached hydrogens (primary N) is 1. The van der Waals surface area contributed by atoms with E-state index in [0.29, 0.717) is 46.2 Å². The molecule has 1 aliphatic heterocycles. The van der Waals surface area contributed by atoms with Crippen LogP contribution in [0.4, 0.5) is 4.39 Å². The van der Waals surface area contributed by atoms with Crippen LogP contribution in [0.15, 0.2) is 97.5 Å². The normalized spacial score (nSPS) is 16.5. The number of hydrogen-bond acceptors (Lipinski definition) is 20. The number of carbonyl (C=O) groups excluding carboxylic acids is 11. The Morgan fingerprint density at radius 1 is 0.734 bits per heavy atom. The van der Waals surface area contributed by atoms with Crippen LogP contribution in [0.2, 0.25) is 5.02 Å². The SMILES string of the molecule is CCc1cc(OC)ccc1-c1ccc(C[C@H](NC(=O)[C@H](CC(=O)O)NC(=O)[C@H](CO)NC(=O)[C@@H](NC(=O)C(C)(Cc2ccccc2F)NC(=O)[C@@H](NC(=O)CNC(=O)[C@H](CCC(=O)O)NC(=O)C2(C)CCCN2C(=O)[C@@H](O)Cc2cnc[nH]2)[C@@H](C)O)[C@@H](C)O)C(=O)N[C@@H](CCOc2ccc(Cl)cc2C)C(N)=O)cc1. The number of primary amides is 1. The van der Waals surface area contributed by atoms with Crippen molar-refractivity contribution in [2.75, 3.05) is 33.4 Å². The standard InChI is InChI=1S/C73H93ClFN13O21/c1-8-42-30-47(108-7)19-20-48(42)43-16-14-41(15-17-43)29-52(64(100)80-50(62(76)98)24-27-109-56-22-18-45(74)28-38(56)2)81-65(101)53(32-59(96)97)82-66(102)54(36-89)83-67(103)60(39(3)90)86-70(106)72(5,33-44-12-9-10-13-49(44)75)87-68(104)61(40(4)91)85-57(93)35-78-63(99)51(21-23-58(94)95)84-71(107)73(6)25-11-26-88(73)69(105)55(92)31-46-34-77-37-79-46/h9-10,12-20,22,28,30,34,37,39-40,50-55,60-61,89-92H,8,11,21,23-27,29,31-33,35-36H2,1-7H3,(H2,76,98)(H,77,79)(H,78,99)(H,80,100)(H,81,101)(H,82,102)(H,83,103)(H,84,107)(H,85,93)(H,86,106)(H,87,104)(H,94,95)(H,96,97)/t39-,40-,50+,51+,52+,53+,54+,55+,60+,61+,72?,73?/m1/s1. The summed E-state index contributed by atoms with van der Waals surface area (Å²) in [6, 6.07) is 9.02. The number of rotatable bonds is 41. The van der Waals surface area contributed by atoms with E-state index < -0.39 is 193 Å². The van der Waals surface area contributed by atoms with Gasteiger partial charge in [0.1, 0.15) is 76.8 Å². The molecule has 0 spiro atoms. The summed E-state index contributed by atoms with van der Waals surface area (Å²) in [5.74, 6) is -15.8. The van der Waals surface area contributed by atoms with Crippen molar-refractivity contribution in [2.24, 2.45) is 5.73 Å². The zero-order valence-electron chi connectivity index (χ0n) is 60.9. The summed E-state index contributed by atoms with van der Waals surface area (Å²) >= 11 is 6.09. The van der Waals surface area contributed by atoms with E-state index in [2.05, 4.69) is 57.8 Å². The summed E-state index contributed by atoms with van der Waals surface area (Å²) in [4.78, 5) is 185. The van der Waals surface area contributed by atoms with E-state index in [1.165, 1.54) is 44.8 Å². The van der Waals surface area contributed by atoms with Crippen molar-refractivity contribution in [1.29, 1.82) is 0 Å². The average Bonchev–Trinajstić information content (AvgIpc) is 1.65. The average molecular weight is 1540 g/mol. The molecule has 2 unspecified atom stereocenters. The number of aliphatic hydroxyl groups excluding tert-OH is 4. The molecule has 18 N–H and O–H groups in total. The van der Waals surface area contributed by atoms with Crippen molar-refractivity contribution in [3.05, 3.63) is 136 Å². The van der Waals surface area contributed by atoms with Gasteiger partial charge in [0.2, 0.25) is 59.1 Å². The molecule has 1 saturated heterocycles. The third-order valence-corrected chi connectivity index (χ3v) is 18.4. The third-order valence-electron chi connectivity index (χ3n) is 18.2. The number of nitrogens with zero attached hydrogens (tertiary/aromatic N) is 2. The monoisotopic (exact) mass is 1540 g/mol. The Kier molecular flexibility index (Phi) is 32.0. The molecule has 0 saturated carbocycles. The molecule has 4 aromatic carbocycles. The lowest BCUT2D eigenvalue weighted by Gasteiger charge is -2.36. The number of ether oxygens (including phenoxy) is 2. The van der Waals surface area contributed by atoms with E-state index in [0.717, 1.165) is 48.4 Å². The van der Waals surface area contributed by atoms with Crippen LogP contribution in [0, 0.1) is 12.7 Å². The number of benzene rings is 4. The molecular weight excluding hydrogens is 1450 g/mol. The number of aromatic nitrogens is 2. The van der Waals surface area contributed by atoms with Crippen LogP contribution < -0.4 is 63.1 Å².